The van der Waals surface area contributed by atoms with Crippen molar-refractivity contribution >= 4 is 17.1 Å². The Morgan fingerprint density at radius 3 is 2.37 bits per heavy atom. The molecular formula is C27H29N5O3. The molecule has 0 spiro atoms. The van der Waals surface area contributed by atoms with E-state index < -0.39 is 5.60 Å². The van der Waals surface area contributed by atoms with Gasteiger partial charge in [-0.25, -0.2) is 9.97 Å². The lowest BCUT2D eigenvalue weighted by Crippen LogP contribution is -2.49. The Labute approximate surface area is 203 Å². The van der Waals surface area contributed by atoms with Crippen LogP contribution in [0.15, 0.2) is 71.8 Å². The van der Waals surface area contributed by atoms with Gasteiger partial charge in [0.15, 0.2) is 11.2 Å². The summed E-state index contributed by atoms with van der Waals surface area (Å²) in [6.07, 6.45) is 3.46. The third-order valence-corrected chi connectivity index (χ3v) is 6.80. The molecule has 0 saturated carbocycles. The van der Waals surface area contributed by atoms with E-state index in [0.717, 1.165) is 11.3 Å². The quantitative estimate of drug-likeness (QED) is 0.467. The van der Waals surface area contributed by atoms with E-state index in [1.165, 1.54) is 10.9 Å². The number of amides is 1. The number of hydrogen-bond acceptors (Lipinski definition) is 5. The van der Waals surface area contributed by atoms with Gasteiger partial charge >= 0.3 is 0 Å². The van der Waals surface area contributed by atoms with Crippen molar-refractivity contribution in [3.05, 3.63) is 88.7 Å². The number of aliphatic hydroxyl groups is 1. The highest BCUT2D eigenvalue weighted by molar-refractivity contribution is 5.76. The zero-order valence-corrected chi connectivity index (χ0v) is 19.8. The second kappa shape index (κ2) is 9.46. The van der Waals surface area contributed by atoms with Crippen LogP contribution < -0.4 is 5.56 Å². The molecule has 1 saturated heterocycles. The van der Waals surface area contributed by atoms with Gasteiger partial charge in [0.05, 0.1) is 12.1 Å². The van der Waals surface area contributed by atoms with Crippen LogP contribution in [0.5, 0.6) is 0 Å². The monoisotopic (exact) mass is 471 g/mol. The number of nitrogens with zero attached hydrogens (tertiary/aromatic N) is 5. The predicted molar refractivity (Wildman–Crippen MR) is 133 cm³/mol. The van der Waals surface area contributed by atoms with Crippen LogP contribution in [-0.2, 0) is 17.8 Å². The lowest BCUT2D eigenvalue weighted by Gasteiger charge is -2.38. The summed E-state index contributed by atoms with van der Waals surface area (Å²) in [7, 11) is 0. The summed E-state index contributed by atoms with van der Waals surface area (Å²) in [5.41, 5.74) is 1.46. The van der Waals surface area contributed by atoms with Crippen LogP contribution in [0.25, 0.3) is 16.9 Å². The van der Waals surface area contributed by atoms with E-state index in [9.17, 15) is 14.7 Å². The number of likely N-dealkylation sites (tertiary alicyclic amines) is 1. The fourth-order valence-electron chi connectivity index (χ4n) is 4.80. The predicted octanol–water partition coefficient (Wildman–Crippen LogP) is 2.88. The second-order valence-electron chi connectivity index (χ2n) is 9.27. The maximum atomic E-state index is 13.2. The number of piperidine rings is 1. The van der Waals surface area contributed by atoms with Crippen molar-refractivity contribution in [3.8, 4) is 5.69 Å². The molecule has 1 N–H and O–H groups in total. The number of para-hydroxylation sites is 1. The first-order valence-electron chi connectivity index (χ1n) is 12.0. The molecule has 0 atom stereocenters. The van der Waals surface area contributed by atoms with Crippen molar-refractivity contribution in [2.45, 2.75) is 44.8 Å². The molecule has 8 heteroatoms. The van der Waals surface area contributed by atoms with E-state index in [1.54, 1.807) is 0 Å². The summed E-state index contributed by atoms with van der Waals surface area (Å²) in [6.45, 7) is 2.90. The molecule has 0 unspecified atom stereocenters. The minimum Gasteiger partial charge on any atom is -0.388 e. The molecule has 0 radical (unpaired) electrons. The molecule has 0 bridgehead atoms. The minimum absolute atomic E-state index is 0.0954. The molecule has 4 aromatic rings. The van der Waals surface area contributed by atoms with E-state index in [2.05, 4.69) is 9.97 Å². The Balaban J connectivity index is 1.27. The lowest BCUT2D eigenvalue weighted by molar-refractivity contribution is -0.135. The van der Waals surface area contributed by atoms with Crippen LogP contribution in [0.1, 0.15) is 30.7 Å². The highest BCUT2D eigenvalue weighted by Gasteiger charge is 2.34. The number of imidazole rings is 1. The van der Waals surface area contributed by atoms with E-state index >= 15 is 0 Å². The third kappa shape index (κ3) is 4.74. The van der Waals surface area contributed by atoms with Gasteiger partial charge in [-0.2, -0.15) is 0 Å². The Bertz CT molecular complexity index is 1390. The van der Waals surface area contributed by atoms with Crippen LogP contribution >= 0.6 is 0 Å². The summed E-state index contributed by atoms with van der Waals surface area (Å²) >= 11 is 0. The van der Waals surface area contributed by atoms with Gasteiger partial charge in [0.25, 0.3) is 5.56 Å². The van der Waals surface area contributed by atoms with Crippen LogP contribution in [0, 0.1) is 6.92 Å². The smallest absolute Gasteiger partial charge is 0.281 e. The van der Waals surface area contributed by atoms with Gasteiger partial charge < -0.3 is 10.0 Å². The molecular weight excluding hydrogens is 442 g/mol. The molecule has 1 amide bonds. The lowest BCUT2D eigenvalue weighted by atomic mass is 9.91. The summed E-state index contributed by atoms with van der Waals surface area (Å²) in [5, 5.41) is 11.2. The van der Waals surface area contributed by atoms with Crippen molar-refractivity contribution in [1.82, 2.24) is 24.0 Å². The minimum atomic E-state index is -1.08. The molecule has 35 heavy (non-hydrogen) atoms. The molecule has 3 heterocycles. The average Bonchev–Trinajstić information content (AvgIpc) is 3.22. The van der Waals surface area contributed by atoms with Gasteiger partial charge in [-0.3, -0.25) is 18.7 Å². The fraction of sp³-hybridized carbons (Fsp3) is 0.333. The standard InChI is InChI=1S/C27H29N5O3/c1-20-29-24-25(32(20)22-10-6-3-7-11-22)28-19-31(26(24)34)18-27(35)14-16-30(17-15-27)23(33)13-12-21-8-4-2-5-9-21/h2-11,19,35H,12-18H2,1H3. The van der Waals surface area contributed by atoms with Gasteiger partial charge in [0.2, 0.25) is 5.91 Å². The Morgan fingerprint density at radius 1 is 1.03 bits per heavy atom. The fourth-order valence-corrected chi connectivity index (χ4v) is 4.80. The summed E-state index contributed by atoms with van der Waals surface area (Å²) < 4.78 is 3.30. The van der Waals surface area contributed by atoms with Crippen LogP contribution in [0.3, 0.4) is 0 Å². The molecule has 1 fully saturated rings. The zero-order valence-electron chi connectivity index (χ0n) is 19.8. The first-order valence-corrected chi connectivity index (χ1v) is 12.0. The molecule has 1 aliphatic heterocycles. The van der Waals surface area contributed by atoms with Crippen LogP contribution in [0.2, 0.25) is 0 Å². The summed E-state index contributed by atoms with van der Waals surface area (Å²) in [6, 6.07) is 19.6. The first kappa shape index (κ1) is 23.0. The van der Waals surface area contributed by atoms with Crippen molar-refractivity contribution in [2.75, 3.05) is 13.1 Å². The number of benzene rings is 2. The molecule has 5 rings (SSSR count). The Hall–Kier alpha value is -3.78. The van der Waals surface area contributed by atoms with E-state index in [1.807, 2.05) is 77.1 Å². The zero-order chi connectivity index (χ0) is 24.4. The van der Waals surface area contributed by atoms with Crippen molar-refractivity contribution in [1.29, 1.82) is 0 Å². The highest BCUT2D eigenvalue weighted by atomic mass is 16.3. The summed E-state index contributed by atoms with van der Waals surface area (Å²) in [5.74, 6) is 0.771. The number of carbonyl (C=O) groups is 1. The van der Waals surface area contributed by atoms with E-state index in [-0.39, 0.29) is 23.5 Å². The highest BCUT2D eigenvalue weighted by Crippen LogP contribution is 2.25. The topological polar surface area (TPSA) is 93.2 Å². The Morgan fingerprint density at radius 2 is 1.69 bits per heavy atom. The molecule has 180 valence electrons. The van der Waals surface area contributed by atoms with Gasteiger partial charge in [0.1, 0.15) is 12.2 Å². The maximum Gasteiger partial charge on any atom is 0.281 e. The van der Waals surface area contributed by atoms with Gasteiger partial charge in [-0.15, -0.1) is 0 Å². The maximum absolute atomic E-state index is 13.2. The number of aryl methyl sites for hydroxylation is 2. The SMILES string of the molecule is Cc1nc2c(=O)n(CC3(O)CCN(C(=O)CCc4ccccc4)CC3)cnc2n1-c1ccccc1. The van der Waals surface area contributed by atoms with Gasteiger partial charge in [-0.1, -0.05) is 48.5 Å². The number of rotatable bonds is 6. The van der Waals surface area contributed by atoms with Gasteiger partial charge in [-0.05, 0) is 43.9 Å². The number of aromatic nitrogens is 4. The number of hydrogen-bond donors (Lipinski definition) is 1. The molecule has 8 nitrogen and oxygen atoms in total. The van der Waals surface area contributed by atoms with Crippen LogP contribution in [0.4, 0.5) is 0 Å². The van der Waals surface area contributed by atoms with Crippen LogP contribution in [-0.4, -0.2) is 53.7 Å². The number of fused-ring (bicyclic) bond motifs is 1. The molecule has 1 aliphatic rings. The number of carbonyl (C=O) groups excluding carboxylic acids is 1. The Kier molecular flexibility index (Phi) is 6.21. The summed E-state index contributed by atoms with van der Waals surface area (Å²) in [4.78, 5) is 36.7. The molecule has 2 aromatic heterocycles. The van der Waals surface area contributed by atoms with Gasteiger partial charge in [0, 0.05) is 25.2 Å². The van der Waals surface area contributed by atoms with Crippen molar-refractivity contribution in [2.24, 2.45) is 0 Å². The third-order valence-electron chi connectivity index (χ3n) is 6.80. The normalized spacial score (nSPS) is 15.4. The second-order valence-corrected chi connectivity index (χ2v) is 9.27. The van der Waals surface area contributed by atoms with E-state index in [0.29, 0.717) is 50.2 Å². The van der Waals surface area contributed by atoms with Crippen molar-refractivity contribution in [3.63, 3.8) is 0 Å². The largest absolute Gasteiger partial charge is 0.388 e. The van der Waals surface area contributed by atoms with E-state index in [4.69, 9.17) is 0 Å². The average molecular weight is 472 g/mol. The first-order chi connectivity index (χ1) is 16.9. The molecule has 2 aromatic carbocycles. The van der Waals surface area contributed by atoms with Crippen molar-refractivity contribution < 1.29 is 9.90 Å². The molecule has 0 aliphatic carbocycles.